The van der Waals surface area contributed by atoms with E-state index in [1.165, 1.54) is 0 Å². The van der Waals surface area contributed by atoms with Crippen molar-refractivity contribution in [2.24, 2.45) is 0 Å². The van der Waals surface area contributed by atoms with E-state index >= 15 is 0 Å². The summed E-state index contributed by atoms with van der Waals surface area (Å²) in [6.07, 6.45) is 0. The molecule has 0 aliphatic carbocycles. The van der Waals surface area contributed by atoms with Gasteiger partial charge in [-0.2, -0.15) is 5.75 Å². The summed E-state index contributed by atoms with van der Waals surface area (Å²) in [6, 6.07) is 0. The average Bonchev–Trinajstić information content (AvgIpc) is 0.918. The Balaban J connectivity index is -0.0000000200. The van der Waals surface area contributed by atoms with Crippen molar-refractivity contribution < 1.29 is 35.0 Å². The van der Waals surface area contributed by atoms with E-state index in [2.05, 4.69) is 12.6 Å². The summed E-state index contributed by atoms with van der Waals surface area (Å²) in [5.41, 5.74) is 0. The second-order valence-corrected chi connectivity index (χ2v) is 0.866. The van der Waals surface area contributed by atoms with Gasteiger partial charge in [-0.05, 0) is 0 Å². The largest absolute Gasteiger partial charge is 1.00 e. The first-order chi connectivity index (χ1) is 1.41. The zero-order valence-electron chi connectivity index (χ0n) is 3.62. The van der Waals surface area contributed by atoms with Crippen LogP contribution in [0.15, 0.2) is 0 Å². The zero-order valence-corrected chi connectivity index (χ0v) is 6.43. The molecule has 0 aliphatic heterocycles. The molecule has 0 unspecified atom stereocenters. The Labute approximate surface area is 60.2 Å². The van der Waals surface area contributed by atoms with Crippen molar-refractivity contribution in [3.8, 4) is 0 Å². The molecule has 0 saturated carbocycles. The molecule has 0 radical (unpaired) electrons. The smallest absolute Gasteiger partial charge is 0.793 e. The molecule has 0 heterocycles. The van der Waals surface area contributed by atoms with Gasteiger partial charge in [-0.1, -0.05) is 6.92 Å². The maximum Gasteiger partial charge on any atom is 1.00 e. The van der Waals surface area contributed by atoms with Crippen LogP contribution in [0.25, 0.3) is 0 Å². The minimum absolute atomic E-state index is 0. The molecule has 0 saturated heterocycles. The van der Waals surface area contributed by atoms with Crippen LogP contribution in [0.5, 0.6) is 0 Å². The van der Waals surface area contributed by atoms with E-state index in [1.54, 1.807) is 0 Å². The van der Waals surface area contributed by atoms with E-state index in [1.807, 2.05) is 6.92 Å². The Kier molecular flexibility index (Phi) is 60.0. The zero-order chi connectivity index (χ0) is 2.71. The Morgan fingerprint density at radius 1 is 1.60 bits per heavy atom. The quantitative estimate of drug-likeness (QED) is 0.233. The van der Waals surface area contributed by atoms with Crippen molar-refractivity contribution in [1.29, 1.82) is 0 Å². The second-order valence-electron chi connectivity index (χ2n) is 0.289. The van der Waals surface area contributed by atoms with E-state index in [-0.39, 0.29) is 35.0 Å². The van der Waals surface area contributed by atoms with Crippen LogP contribution >= 0.6 is 0 Å². The fraction of sp³-hybridized carbons (Fsp3) is 1.00. The van der Waals surface area contributed by atoms with Gasteiger partial charge in [0.1, 0.15) is 0 Å². The second kappa shape index (κ2) is 18.5. The molecule has 0 spiro atoms. The van der Waals surface area contributed by atoms with Gasteiger partial charge in [0.05, 0.1) is 0 Å². The molecule has 0 fully saturated rings. The van der Waals surface area contributed by atoms with Gasteiger partial charge in [0.15, 0.2) is 0 Å². The molecule has 5 heavy (non-hydrogen) atoms. The molecular formula is C2H7NaOS. The van der Waals surface area contributed by atoms with Crippen molar-refractivity contribution in [3.63, 3.8) is 0 Å². The standard InChI is InChI=1S/C2H6S.Na.H2O/c1-2-3;;/h3H,2H2,1H3;;1H2/q;+1;/p-1. The first kappa shape index (κ1) is 16.2. The minimum atomic E-state index is 0. The van der Waals surface area contributed by atoms with E-state index in [0.29, 0.717) is 0 Å². The Hall–Kier alpha value is 1.31. The first-order valence-corrected chi connectivity index (χ1v) is 1.57. The van der Waals surface area contributed by atoms with Crippen molar-refractivity contribution in [3.05, 3.63) is 0 Å². The molecule has 0 aromatic heterocycles. The number of rotatable bonds is 0. The molecule has 0 atom stereocenters. The van der Waals surface area contributed by atoms with Crippen LogP contribution in [-0.4, -0.2) is 11.2 Å². The van der Waals surface area contributed by atoms with Crippen molar-refractivity contribution in [2.45, 2.75) is 6.92 Å². The van der Waals surface area contributed by atoms with Crippen molar-refractivity contribution in [2.75, 3.05) is 5.75 Å². The van der Waals surface area contributed by atoms with Gasteiger partial charge < -0.3 is 18.1 Å². The molecule has 0 aromatic carbocycles. The molecule has 0 aromatic rings. The molecule has 0 bridgehead atoms. The average molecular weight is 102 g/mol. The molecular weight excluding hydrogens is 95.1 g/mol. The Morgan fingerprint density at radius 3 is 1.60 bits per heavy atom. The molecule has 0 amide bonds. The minimum Gasteiger partial charge on any atom is -0.793 e. The third kappa shape index (κ3) is 33.9. The first-order valence-electron chi connectivity index (χ1n) is 0.996. The van der Waals surface area contributed by atoms with Crippen LogP contribution in [0.4, 0.5) is 0 Å². The van der Waals surface area contributed by atoms with Gasteiger partial charge in [0.2, 0.25) is 0 Å². The van der Waals surface area contributed by atoms with Crippen LogP contribution in [0.1, 0.15) is 6.92 Å². The monoisotopic (exact) mass is 102 g/mol. The molecule has 2 N–H and O–H groups in total. The summed E-state index contributed by atoms with van der Waals surface area (Å²) in [4.78, 5) is 0. The Bertz CT molecular complexity index is 9.61. The van der Waals surface area contributed by atoms with Crippen LogP contribution in [0.2, 0.25) is 0 Å². The van der Waals surface area contributed by atoms with E-state index in [4.69, 9.17) is 0 Å². The molecule has 3 heteroatoms. The van der Waals surface area contributed by atoms with Crippen LogP contribution < -0.4 is 29.6 Å². The van der Waals surface area contributed by atoms with Gasteiger partial charge >= 0.3 is 29.6 Å². The third-order valence-electron chi connectivity index (χ3n) is 0. The van der Waals surface area contributed by atoms with Crippen LogP contribution in [0.3, 0.4) is 0 Å². The van der Waals surface area contributed by atoms with Gasteiger partial charge in [0.25, 0.3) is 0 Å². The number of hydrogen-bond donors (Lipinski definition) is 0. The van der Waals surface area contributed by atoms with Gasteiger partial charge in [-0.25, -0.2) is 0 Å². The summed E-state index contributed by atoms with van der Waals surface area (Å²) in [5, 5.41) is 0. The summed E-state index contributed by atoms with van der Waals surface area (Å²) in [5.74, 6) is 0.833. The van der Waals surface area contributed by atoms with Gasteiger partial charge in [0, 0.05) is 0 Å². The fourth-order valence-corrected chi connectivity index (χ4v) is 0. The third-order valence-corrected chi connectivity index (χ3v) is 0. The summed E-state index contributed by atoms with van der Waals surface area (Å²) in [7, 11) is 0. The topological polar surface area (TPSA) is 31.5 Å². The van der Waals surface area contributed by atoms with Gasteiger partial charge in [-0.15, -0.1) is 0 Å². The maximum atomic E-state index is 4.39. The van der Waals surface area contributed by atoms with E-state index < -0.39 is 0 Å². The predicted molar refractivity (Wildman–Crippen MR) is 21.5 cm³/mol. The molecule has 0 rings (SSSR count). The van der Waals surface area contributed by atoms with Crippen molar-refractivity contribution in [1.82, 2.24) is 0 Å². The predicted octanol–water partition coefficient (Wildman–Crippen LogP) is -3.27. The van der Waals surface area contributed by atoms with Gasteiger partial charge in [-0.3, -0.25) is 0 Å². The Morgan fingerprint density at radius 2 is 1.60 bits per heavy atom. The fourth-order valence-electron chi connectivity index (χ4n) is 0. The molecule has 28 valence electrons. The molecule has 0 aliphatic rings. The van der Waals surface area contributed by atoms with Crippen molar-refractivity contribution >= 4 is 12.6 Å². The van der Waals surface area contributed by atoms with E-state index in [9.17, 15) is 0 Å². The molecule has 1 nitrogen and oxygen atoms in total. The normalized spacial score (nSPS) is 3.60. The summed E-state index contributed by atoms with van der Waals surface area (Å²) in [6.45, 7) is 1.94. The maximum absolute atomic E-state index is 4.39. The van der Waals surface area contributed by atoms with E-state index in [0.717, 1.165) is 5.75 Å². The van der Waals surface area contributed by atoms with Crippen LogP contribution in [-0.2, 0) is 12.6 Å². The SMILES string of the molecule is CC[S-].O.[Na+]. The summed E-state index contributed by atoms with van der Waals surface area (Å²) >= 11 is 4.39. The van der Waals surface area contributed by atoms with Crippen LogP contribution in [0, 0.1) is 0 Å². The summed E-state index contributed by atoms with van der Waals surface area (Å²) < 4.78 is 0. The number of hydrogen-bond acceptors (Lipinski definition) is 1.